The summed E-state index contributed by atoms with van der Waals surface area (Å²) in [5.41, 5.74) is 0.282. The molecule has 0 fully saturated rings. The number of esters is 2. The van der Waals surface area contributed by atoms with Gasteiger partial charge in [0, 0.05) is 0 Å². The van der Waals surface area contributed by atoms with E-state index in [-0.39, 0.29) is 5.56 Å². The van der Waals surface area contributed by atoms with Crippen molar-refractivity contribution in [2.75, 3.05) is 14.2 Å². The molecule has 0 aliphatic heterocycles. The highest BCUT2D eigenvalue weighted by Crippen LogP contribution is 2.28. The fraction of sp³-hybridized carbons (Fsp3) is 0.273. The first-order valence-electron chi connectivity index (χ1n) is 4.61. The highest BCUT2D eigenvalue weighted by atomic mass is 79.9. The first-order valence-corrected chi connectivity index (χ1v) is 5.52. The zero-order chi connectivity index (χ0) is 13.0. The monoisotopic (exact) mass is 304 g/mol. The van der Waals surface area contributed by atoms with Crippen molar-refractivity contribution in [1.82, 2.24) is 0 Å². The second-order valence-corrected chi connectivity index (χ2v) is 4.02. The molecule has 0 N–H and O–H groups in total. The van der Waals surface area contributed by atoms with Crippen LogP contribution in [0, 0.1) is 5.82 Å². The van der Waals surface area contributed by atoms with Gasteiger partial charge in [-0.25, -0.2) is 9.18 Å². The van der Waals surface area contributed by atoms with Crippen molar-refractivity contribution in [1.29, 1.82) is 0 Å². The molecule has 0 aromatic heterocycles. The fourth-order valence-electron chi connectivity index (χ4n) is 1.27. The fourth-order valence-corrected chi connectivity index (χ4v) is 1.85. The molecule has 17 heavy (non-hydrogen) atoms. The predicted octanol–water partition coefficient (Wildman–Crippen LogP) is 2.22. The van der Waals surface area contributed by atoms with E-state index in [0.717, 1.165) is 12.1 Å². The Kier molecular flexibility index (Phi) is 4.62. The molecule has 92 valence electrons. The number of methoxy groups -OCH3 is 2. The van der Waals surface area contributed by atoms with Crippen LogP contribution in [0.5, 0.6) is 0 Å². The molecule has 1 aromatic rings. The van der Waals surface area contributed by atoms with Crippen LogP contribution in [0.3, 0.4) is 0 Å². The molecule has 0 unspecified atom stereocenters. The minimum absolute atomic E-state index is 0.0141. The maximum Gasteiger partial charge on any atom is 0.338 e. The van der Waals surface area contributed by atoms with E-state index in [0.29, 0.717) is 5.56 Å². The Morgan fingerprint density at radius 1 is 1.29 bits per heavy atom. The first kappa shape index (κ1) is 13.6. The van der Waals surface area contributed by atoms with Crippen molar-refractivity contribution in [3.63, 3.8) is 0 Å². The standard InChI is InChI=1S/C11H10BrFO4/c1-16-10(14)8-5-6(13)3-4-7(8)9(12)11(15)17-2/h3-5,9H,1-2H3/t9-/m1/s1. The molecule has 0 heterocycles. The summed E-state index contributed by atoms with van der Waals surface area (Å²) < 4.78 is 22.1. The van der Waals surface area contributed by atoms with Crippen molar-refractivity contribution in [2.45, 2.75) is 4.83 Å². The van der Waals surface area contributed by atoms with Crippen LogP contribution in [-0.2, 0) is 14.3 Å². The van der Waals surface area contributed by atoms with Crippen LogP contribution in [0.25, 0.3) is 0 Å². The van der Waals surface area contributed by atoms with Gasteiger partial charge in [-0.1, -0.05) is 22.0 Å². The number of halogens is 2. The number of hydrogen-bond acceptors (Lipinski definition) is 4. The summed E-state index contributed by atoms with van der Waals surface area (Å²) in [4.78, 5) is 21.9. The molecular formula is C11H10BrFO4. The highest BCUT2D eigenvalue weighted by Gasteiger charge is 2.24. The number of rotatable bonds is 3. The lowest BCUT2D eigenvalue weighted by Crippen LogP contribution is -2.14. The second-order valence-electron chi connectivity index (χ2n) is 3.11. The SMILES string of the molecule is COC(=O)c1cc(F)ccc1[C@@H](Br)C(=O)OC. The summed E-state index contributed by atoms with van der Waals surface area (Å²) in [6.45, 7) is 0. The zero-order valence-corrected chi connectivity index (χ0v) is 10.8. The van der Waals surface area contributed by atoms with Gasteiger partial charge in [0.2, 0.25) is 0 Å². The smallest absolute Gasteiger partial charge is 0.338 e. The first-order chi connectivity index (χ1) is 8.01. The van der Waals surface area contributed by atoms with Gasteiger partial charge in [-0.05, 0) is 17.7 Å². The van der Waals surface area contributed by atoms with E-state index < -0.39 is 22.6 Å². The van der Waals surface area contributed by atoms with Crippen molar-refractivity contribution in [3.8, 4) is 0 Å². The number of hydrogen-bond donors (Lipinski definition) is 0. The Labute approximate surface area is 106 Å². The van der Waals surface area contributed by atoms with Crippen LogP contribution in [0.1, 0.15) is 20.7 Å². The van der Waals surface area contributed by atoms with Gasteiger partial charge in [-0.2, -0.15) is 0 Å². The third kappa shape index (κ3) is 3.03. The summed E-state index contributed by atoms with van der Waals surface area (Å²) in [5.74, 6) is -1.88. The Morgan fingerprint density at radius 3 is 2.47 bits per heavy atom. The number of ether oxygens (including phenoxy) is 2. The average Bonchev–Trinajstić information content (AvgIpc) is 2.35. The Bertz CT molecular complexity index is 447. The number of benzene rings is 1. The van der Waals surface area contributed by atoms with Crippen molar-refractivity contribution in [3.05, 3.63) is 35.1 Å². The van der Waals surface area contributed by atoms with Crippen molar-refractivity contribution in [2.24, 2.45) is 0 Å². The van der Waals surface area contributed by atoms with E-state index in [1.165, 1.54) is 20.3 Å². The van der Waals surface area contributed by atoms with Gasteiger partial charge in [0.1, 0.15) is 10.6 Å². The molecule has 6 heteroatoms. The van der Waals surface area contributed by atoms with Crippen LogP contribution >= 0.6 is 15.9 Å². The summed E-state index contributed by atoms with van der Waals surface area (Å²) in [7, 11) is 2.40. The topological polar surface area (TPSA) is 52.6 Å². The zero-order valence-electron chi connectivity index (χ0n) is 9.20. The van der Waals surface area contributed by atoms with Gasteiger partial charge in [0.15, 0.2) is 0 Å². The van der Waals surface area contributed by atoms with E-state index in [1.54, 1.807) is 0 Å². The lowest BCUT2D eigenvalue weighted by Gasteiger charge is -2.12. The molecule has 0 bridgehead atoms. The normalized spacial score (nSPS) is 11.8. The summed E-state index contributed by atoms with van der Waals surface area (Å²) >= 11 is 3.08. The van der Waals surface area contributed by atoms with Gasteiger partial charge in [0.05, 0.1) is 19.8 Å². The van der Waals surface area contributed by atoms with Crippen LogP contribution in [-0.4, -0.2) is 26.2 Å². The number of carbonyl (C=O) groups is 2. The van der Waals surface area contributed by atoms with Gasteiger partial charge < -0.3 is 9.47 Å². The van der Waals surface area contributed by atoms with E-state index >= 15 is 0 Å². The highest BCUT2D eigenvalue weighted by molar-refractivity contribution is 9.09. The maximum absolute atomic E-state index is 13.1. The molecule has 4 nitrogen and oxygen atoms in total. The van der Waals surface area contributed by atoms with Crippen LogP contribution in [0.15, 0.2) is 18.2 Å². The van der Waals surface area contributed by atoms with E-state index in [9.17, 15) is 14.0 Å². The molecule has 0 radical (unpaired) electrons. The molecule has 1 aromatic carbocycles. The molecule has 1 atom stereocenters. The van der Waals surface area contributed by atoms with Gasteiger partial charge in [-0.15, -0.1) is 0 Å². The Hall–Kier alpha value is -1.43. The van der Waals surface area contributed by atoms with Gasteiger partial charge in [-0.3, -0.25) is 4.79 Å². The van der Waals surface area contributed by atoms with E-state index in [2.05, 4.69) is 25.4 Å². The second kappa shape index (κ2) is 5.77. The summed E-state index contributed by atoms with van der Waals surface area (Å²) in [5, 5.41) is 0. The third-order valence-corrected chi connectivity index (χ3v) is 2.97. The Balaban J connectivity index is 3.23. The quantitative estimate of drug-likeness (QED) is 0.635. The van der Waals surface area contributed by atoms with Crippen LogP contribution in [0.4, 0.5) is 4.39 Å². The molecular weight excluding hydrogens is 295 g/mol. The molecule has 0 aliphatic carbocycles. The predicted molar refractivity (Wildman–Crippen MR) is 61.4 cm³/mol. The lowest BCUT2D eigenvalue weighted by molar-refractivity contribution is -0.139. The molecule has 0 saturated carbocycles. The molecule has 0 saturated heterocycles. The molecule has 0 aliphatic rings. The Morgan fingerprint density at radius 2 is 1.94 bits per heavy atom. The van der Waals surface area contributed by atoms with Crippen molar-refractivity contribution < 1.29 is 23.5 Å². The van der Waals surface area contributed by atoms with E-state index in [1.807, 2.05) is 0 Å². The third-order valence-electron chi connectivity index (χ3n) is 2.10. The summed E-state index contributed by atoms with van der Waals surface area (Å²) in [6.07, 6.45) is 0. The van der Waals surface area contributed by atoms with Crippen molar-refractivity contribution >= 4 is 27.9 Å². The minimum atomic E-state index is -0.845. The summed E-state index contributed by atoms with van der Waals surface area (Å²) in [6, 6.07) is 3.50. The van der Waals surface area contributed by atoms with Crippen LogP contribution < -0.4 is 0 Å². The van der Waals surface area contributed by atoms with Gasteiger partial charge in [0.25, 0.3) is 0 Å². The van der Waals surface area contributed by atoms with Crippen LogP contribution in [0.2, 0.25) is 0 Å². The van der Waals surface area contributed by atoms with E-state index in [4.69, 9.17) is 0 Å². The number of carbonyl (C=O) groups excluding carboxylic acids is 2. The lowest BCUT2D eigenvalue weighted by atomic mass is 10.0. The molecule has 1 rings (SSSR count). The van der Waals surface area contributed by atoms with Gasteiger partial charge >= 0.3 is 11.9 Å². The largest absolute Gasteiger partial charge is 0.468 e. The number of alkyl halides is 1. The average molecular weight is 305 g/mol. The molecule has 0 spiro atoms. The maximum atomic E-state index is 13.1. The minimum Gasteiger partial charge on any atom is -0.468 e. The molecule has 0 amide bonds.